The molecule has 2 aromatic heterocycles. The molecule has 0 radical (unpaired) electrons. The maximum absolute atomic E-state index is 10.8. The highest BCUT2D eigenvalue weighted by Gasteiger charge is 2.11. The van der Waals surface area contributed by atoms with Crippen molar-refractivity contribution in [2.45, 2.75) is 10.2 Å². The molecule has 0 unspecified atom stereocenters. The molecule has 100 valence electrons. The molecule has 0 amide bonds. The van der Waals surface area contributed by atoms with Crippen LogP contribution in [0.4, 0.5) is 0 Å². The molecule has 20 heavy (non-hydrogen) atoms. The number of para-hydroxylation sites is 2. The lowest BCUT2D eigenvalue weighted by Gasteiger charge is -2.01. The summed E-state index contributed by atoms with van der Waals surface area (Å²) >= 11 is 7.29. The Bertz CT molecular complexity index is 770. The number of halogens is 1. The lowest BCUT2D eigenvalue weighted by Crippen LogP contribution is -1.97. The number of hydrogen-bond donors (Lipinski definition) is 2. The topological polar surface area (TPSA) is 78.9 Å². The first-order valence-corrected chi connectivity index (χ1v) is 6.84. The fourth-order valence-corrected chi connectivity index (χ4v) is 2.72. The van der Waals surface area contributed by atoms with Crippen LogP contribution in [0, 0.1) is 0 Å². The fraction of sp³-hybridized carbons (Fsp3) is 0. The Labute approximate surface area is 123 Å². The van der Waals surface area contributed by atoms with Crippen molar-refractivity contribution in [3.8, 4) is 0 Å². The van der Waals surface area contributed by atoms with Crippen LogP contribution in [-0.2, 0) is 0 Å². The van der Waals surface area contributed by atoms with Crippen LogP contribution in [0.5, 0.6) is 0 Å². The smallest absolute Gasteiger partial charge is 0.337 e. The summed E-state index contributed by atoms with van der Waals surface area (Å²) in [5.74, 6) is -1.06. The molecule has 0 bridgehead atoms. The van der Waals surface area contributed by atoms with Crippen molar-refractivity contribution < 1.29 is 9.90 Å². The molecule has 0 aliphatic rings. The quantitative estimate of drug-likeness (QED) is 0.774. The van der Waals surface area contributed by atoms with E-state index in [-0.39, 0.29) is 10.6 Å². The van der Waals surface area contributed by atoms with Crippen LogP contribution in [0.2, 0.25) is 5.02 Å². The van der Waals surface area contributed by atoms with Gasteiger partial charge in [0.25, 0.3) is 0 Å². The van der Waals surface area contributed by atoms with Gasteiger partial charge in [0, 0.05) is 6.20 Å². The highest BCUT2D eigenvalue weighted by atomic mass is 35.5. The summed E-state index contributed by atoms with van der Waals surface area (Å²) in [6.07, 6.45) is 1.28. The van der Waals surface area contributed by atoms with Crippen LogP contribution in [0.3, 0.4) is 0 Å². The van der Waals surface area contributed by atoms with Crippen LogP contribution < -0.4 is 0 Å². The van der Waals surface area contributed by atoms with E-state index in [1.165, 1.54) is 24.0 Å². The van der Waals surface area contributed by atoms with Gasteiger partial charge in [-0.3, -0.25) is 0 Å². The Morgan fingerprint density at radius 2 is 2.15 bits per heavy atom. The minimum atomic E-state index is -1.06. The van der Waals surface area contributed by atoms with Crippen molar-refractivity contribution in [3.05, 3.63) is 47.1 Å². The van der Waals surface area contributed by atoms with E-state index in [0.717, 1.165) is 11.0 Å². The summed E-state index contributed by atoms with van der Waals surface area (Å²) in [7, 11) is 0. The van der Waals surface area contributed by atoms with Gasteiger partial charge in [-0.15, -0.1) is 0 Å². The Balaban J connectivity index is 1.92. The number of imidazole rings is 1. The Hall–Kier alpha value is -2.05. The van der Waals surface area contributed by atoms with Crippen molar-refractivity contribution in [2.75, 3.05) is 0 Å². The largest absolute Gasteiger partial charge is 0.478 e. The highest BCUT2D eigenvalue weighted by molar-refractivity contribution is 7.99. The van der Waals surface area contributed by atoms with Crippen molar-refractivity contribution in [1.82, 2.24) is 15.0 Å². The highest BCUT2D eigenvalue weighted by Crippen LogP contribution is 2.31. The summed E-state index contributed by atoms with van der Waals surface area (Å²) in [5.41, 5.74) is 1.84. The molecule has 7 heteroatoms. The van der Waals surface area contributed by atoms with Crippen LogP contribution in [0.15, 0.2) is 46.7 Å². The van der Waals surface area contributed by atoms with Gasteiger partial charge in [-0.25, -0.2) is 14.8 Å². The number of nitrogens with one attached hydrogen (secondary N) is 1. The molecule has 0 aliphatic heterocycles. The van der Waals surface area contributed by atoms with Gasteiger partial charge in [0.05, 0.1) is 21.6 Å². The number of benzene rings is 1. The minimum absolute atomic E-state index is 0.0592. The average molecular weight is 306 g/mol. The standard InChI is InChI=1S/C13H8ClN3O2S/c14-8-5-7(12(18)19)6-15-11(8)20-13-16-9-3-1-2-4-10(9)17-13/h1-6H,(H,16,17)(H,18,19). The van der Waals surface area contributed by atoms with E-state index in [1.54, 1.807) is 0 Å². The number of H-pyrrole nitrogens is 1. The molecule has 1 aromatic carbocycles. The Kier molecular flexibility index (Phi) is 3.33. The summed E-state index contributed by atoms with van der Waals surface area (Å²) in [4.78, 5) is 22.4. The van der Waals surface area contributed by atoms with Crippen LogP contribution in [0.1, 0.15) is 10.4 Å². The van der Waals surface area contributed by atoms with Gasteiger partial charge in [-0.2, -0.15) is 0 Å². The third-order valence-corrected chi connectivity index (χ3v) is 3.92. The van der Waals surface area contributed by atoms with Gasteiger partial charge in [0.2, 0.25) is 0 Å². The van der Waals surface area contributed by atoms with E-state index in [9.17, 15) is 4.79 Å². The normalized spacial score (nSPS) is 10.8. The van der Waals surface area contributed by atoms with Crippen LogP contribution >= 0.6 is 23.4 Å². The number of carboxylic acid groups (broad SMARTS) is 1. The second kappa shape index (κ2) is 5.15. The van der Waals surface area contributed by atoms with Crippen LogP contribution in [-0.4, -0.2) is 26.0 Å². The molecule has 2 N–H and O–H groups in total. The summed E-state index contributed by atoms with van der Waals surface area (Å²) in [6.45, 7) is 0. The maximum Gasteiger partial charge on any atom is 0.337 e. The molecule has 0 saturated heterocycles. The van der Waals surface area contributed by atoms with Crippen molar-refractivity contribution >= 4 is 40.4 Å². The number of hydrogen-bond acceptors (Lipinski definition) is 4. The van der Waals surface area contributed by atoms with Crippen LogP contribution in [0.25, 0.3) is 11.0 Å². The number of rotatable bonds is 3. The van der Waals surface area contributed by atoms with Crippen molar-refractivity contribution in [1.29, 1.82) is 0 Å². The fourth-order valence-electron chi connectivity index (χ4n) is 1.69. The molecular formula is C13H8ClN3O2S. The van der Waals surface area contributed by atoms with E-state index in [0.29, 0.717) is 10.2 Å². The van der Waals surface area contributed by atoms with Gasteiger partial charge in [-0.05, 0) is 30.0 Å². The number of pyridine rings is 1. The Morgan fingerprint density at radius 3 is 2.85 bits per heavy atom. The van der Waals surface area contributed by atoms with E-state index >= 15 is 0 Å². The number of aromatic amines is 1. The molecule has 3 aromatic rings. The van der Waals surface area contributed by atoms with E-state index in [1.807, 2.05) is 24.3 Å². The average Bonchev–Trinajstić information content (AvgIpc) is 2.83. The monoisotopic (exact) mass is 305 g/mol. The number of carboxylic acids is 1. The summed E-state index contributed by atoms with van der Waals surface area (Å²) in [6, 6.07) is 9.03. The zero-order valence-electron chi connectivity index (χ0n) is 10.0. The molecule has 0 saturated carbocycles. The molecule has 0 aliphatic carbocycles. The predicted octanol–water partition coefficient (Wildman–Crippen LogP) is 3.46. The molecule has 0 fully saturated rings. The van der Waals surface area contributed by atoms with Gasteiger partial charge < -0.3 is 10.1 Å². The molecule has 2 heterocycles. The number of aromatic nitrogens is 3. The lowest BCUT2D eigenvalue weighted by atomic mass is 10.3. The molecule has 0 atom stereocenters. The first-order chi connectivity index (χ1) is 9.63. The zero-order valence-corrected chi connectivity index (χ0v) is 11.6. The summed E-state index contributed by atoms with van der Waals surface area (Å²) in [5, 5.41) is 10.3. The molecular weight excluding hydrogens is 298 g/mol. The number of nitrogens with zero attached hydrogens (tertiary/aromatic N) is 2. The molecule has 5 nitrogen and oxygen atoms in total. The second-order valence-corrected chi connectivity index (χ2v) is 5.36. The van der Waals surface area contributed by atoms with Gasteiger partial charge in [0.1, 0.15) is 5.03 Å². The zero-order chi connectivity index (χ0) is 14.1. The van der Waals surface area contributed by atoms with Gasteiger partial charge >= 0.3 is 5.97 Å². The third kappa shape index (κ3) is 2.48. The first-order valence-electron chi connectivity index (χ1n) is 5.65. The van der Waals surface area contributed by atoms with Crippen molar-refractivity contribution in [3.63, 3.8) is 0 Å². The maximum atomic E-state index is 10.8. The van der Waals surface area contributed by atoms with Gasteiger partial charge in [0.15, 0.2) is 5.16 Å². The van der Waals surface area contributed by atoms with E-state index in [4.69, 9.17) is 16.7 Å². The number of fused-ring (bicyclic) bond motifs is 1. The van der Waals surface area contributed by atoms with E-state index < -0.39 is 5.97 Å². The minimum Gasteiger partial charge on any atom is -0.478 e. The first kappa shape index (κ1) is 13.0. The molecule has 3 rings (SSSR count). The Morgan fingerprint density at radius 1 is 1.35 bits per heavy atom. The predicted molar refractivity (Wildman–Crippen MR) is 76.4 cm³/mol. The lowest BCUT2D eigenvalue weighted by molar-refractivity contribution is 0.0696. The van der Waals surface area contributed by atoms with E-state index in [2.05, 4.69) is 15.0 Å². The number of carbonyl (C=O) groups is 1. The van der Waals surface area contributed by atoms with Crippen molar-refractivity contribution in [2.24, 2.45) is 0 Å². The summed E-state index contributed by atoms with van der Waals surface area (Å²) < 4.78 is 0. The van der Waals surface area contributed by atoms with Gasteiger partial charge in [-0.1, -0.05) is 23.7 Å². The SMILES string of the molecule is O=C(O)c1cnc(Sc2nc3ccccc3[nH]2)c(Cl)c1. The number of aromatic carboxylic acids is 1. The molecule has 0 spiro atoms. The third-order valence-electron chi connectivity index (χ3n) is 2.62. The second-order valence-electron chi connectivity index (χ2n) is 3.98.